The molecule has 0 unspecified atom stereocenters. The van der Waals surface area contributed by atoms with Gasteiger partial charge in [-0.05, 0) is 48.4 Å². The molecule has 0 saturated carbocycles. The van der Waals surface area contributed by atoms with Gasteiger partial charge in [0.1, 0.15) is 0 Å². The molecule has 0 bridgehead atoms. The van der Waals surface area contributed by atoms with E-state index in [-0.39, 0.29) is 5.78 Å². The molecule has 0 radical (unpaired) electrons. The van der Waals surface area contributed by atoms with E-state index in [1.54, 1.807) is 29.6 Å². The lowest BCUT2D eigenvalue weighted by Gasteiger charge is -2.04. The maximum Gasteiger partial charge on any atom is 0.188 e. The second-order valence-corrected chi connectivity index (χ2v) is 5.65. The van der Waals surface area contributed by atoms with Crippen LogP contribution in [0.2, 0.25) is 0 Å². The van der Waals surface area contributed by atoms with Crippen molar-refractivity contribution in [1.82, 2.24) is 9.38 Å². The Balaban J connectivity index is 2.00. The molecule has 0 saturated heterocycles. The van der Waals surface area contributed by atoms with Crippen molar-refractivity contribution in [2.45, 2.75) is 13.8 Å². The molecule has 0 aliphatic heterocycles. The van der Waals surface area contributed by atoms with Gasteiger partial charge in [-0.15, -0.1) is 0 Å². The monoisotopic (exact) mass is 297 g/mol. The summed E-state index contributed by atoms with van der Waals surface area (Å²) < 4.78 is 1.91. The molecule has 106 valence electrons. The minimum atomic E-state index is -0.112. The molecule has 0 fully saturated rings. The lowest BCUT2D eigenvalue weighted by molar-refractivity contribution is 0.104. The van der Waals surface area contributed by atoms with Crippen LogP contribution < -0.4 is 5.73 Å². The van der Waals surface area contributed by atoms with Crippen LogP contribution >= 0.6 is 11.3 Å². The third-order valence-electron chi connectivity index (χ3n) is 3.54. The highest BCUT2D eigenvalue weighted by Crippen LogP contribution is 2.22. The quantitative estimate of drug-likeness (QED) is 0.594. The summed E-state index contributed by atoms with van der Waals surface area (Å²) in [5.41, 5.74) is 10.6. The zero-order valence-corrected chi connectivity index (χ0v) is 12.6. The highest BCUT2D eigenvalue weighted by Gasteiger charge is 2.14. The van der Waals surface area contributed by atoms with Crippen molar-refractivity contribution in [3.63, 3.8) is 0 Å². The first-order chi connectivity index (χ1) is 10.1. The van der Waals surface area contributed by atoms with Crippen LogP contribution in [0.1, 0.15) is 27.3 Å². The second kappa shape index (κ2) is 5.18. The molecule has 4 nitrogen and oxygen atoms in total. The Morgan fingerprint density at radius 1 is 1.38 bits per heavy atom. The first kappa shape index (κ1) is 13.6. The number of aromatic nitrogens is 2. The van der Waals surface area contributed by atoms with Crippen LogP contribution in [0.4, 0.5) is 5.69 Å². The van der Waals surface area contributed by atoms with Crippen molar-refractivity contribution in [3.8, 4) is 0 Å². The summed E-state index contributed by atoms with van der Waals surface area (Å²) in [7, 11) is 0. The number of fused-ring (bicyclic) bond motifs is 1. The maximum absolute atomic E-state index is 12.3. The van der Waals surface area contributed by atoms with E-state index in [1.165, 1.54) is 0 Å². The van der Waals surface area contributed by atoms with Gasteiger partial charge in [-0.25, -0.2) is 4.98 Å². The molecule has 0 amide bonds. The van der Waals surface area contributed by atoms with Gasteiger partial charge in [-0.1, -0.05) is 6.08 Å². The molecule has 3 heterocycles. The van der Waals surface area contributed by atoms with Gasteiger partial charge in [0.2, 0.25) is 0 Å². The first-order valence-electron chi connectivity index (χ1n) is 6.56. The summed E-state index contributed by atoms with van der Waals surface area (Å²) in [5.74, 6) is -0.112. The summed E-state index contributed by atoms with van der Waals surface area (Å²) in [6.45, 7) is 3.91. The number of nitrogens with two attached hydrogens (primary N) is 1. The maximum atomic E-state index is 12.3. The van der Waals surface area contributed by atoms with Crippen molar-refractivity contribution in [3.05, 3.63) is 57.7 Å². The number of carbonyl (C=O) groups is 1. The molecule has 21 heavy (non-hydrogen) atoms. The Morgan fingerprint density at radius 3 is 2.90 bits per heavy atom. The largest absolute Gasteiger partial charge is 0.395 e. The van der Waals surface area contributed by atoms with Crippen molar-refractivity contribution in [2.24, 2.45) is 0 Å². The molecule has 3 aromatic heterocycles. The predicted molar refractivity (Wildman–Crippen MR) is 86.8 cm³/mol. The molecule has 3 rings (SSSR count). The van der Waals surface area contributed by atoms with Crippen LogP contribution in [-0.2, 0) is 0 Å². The van der Waals surface area contributed by atoms with Gasteiger partial charge >= 0.3 is 0 Å². The number of ketones is 1. The first-order valence-corrected chi connectivity index (χ1v) is 7.50. The summed E-state index contributed by atoms with van der Waals surface area (Å²) >= 11 is 1.60. The highest BCUT2D eigenvalue weighted by atomic mass is 32.1. The molecule has 3 aromatic rings. The lowest BCUT2D eigenvalue weighted by Crippen LogP contribution is -2.04. The number of aryl methyl sites for hydroxylation is 2. The molecule has 5 heteroatoms. The number of anilines is 1. The number of allylic oxidation sites excluding steroid dienone is 1. The third kappa shape index (κ3) is 2.36. The Bertz CT molecular complexity index is 844. The molecule has 0 aromatic carbocycles. The molecule has 0 aliphatic carbocycles. The van der Waals surface area contributed by atoms with Gasteiger partial charge in [-0.2, -0.15) is 11.3 Å². The number of nitrogen functional groups attached to an aromatic ring is 1. The van der Waals surface area contributed by atoms with Crippen molar-refractivity contribution in [2.75, 3.05) is 5.73 Å². The summed E-state index contributed by atoms with van der Waals surface area (Å²) in [6, 6.07) is 3.71. The number of nitrogens with zero attached hydrogens (tertiary/aromatic N) is 2. The Kier molecular flexibility index (Phi) is 3.35. The summed E-state index contributed by atoms with van der Waals surface area (Å²) in [5, 5.41) is 3.96. The van der Waals surface area contributed by atoms with E-state index in [1.807, 2.05) is 41.3 Å². The molecule has 0 spiro atoms. The van der Waals surface area contributed by atoms with Gasteiger partial charge in [0, 0.05) is 11.9 Å². The topological polar surface area (TPSA) is 60.4 Å². The molecule has 0 aliphatic rings. The van der Waals surface area contributed by atoms with Gasteiger partial charge in [0.05, 0.1) is 16.9 Å². The van der Waals surface area contributed by atoms with E-state index in [4.69, 9.17) is 5.73 Å². The number of hydrogen-bond donors (Lipinski definition) is 1. The van der Waals surface area contributed by atoms with Crippen LogP contribution in [-0.4, -0.2) is 15.2 Å². The number of pyridine rings is 1. The van der Waals surface area contributed by atoms with Crippen LogP contribution in [0.15, 0.2) is 35.2 Å². The van der Waals surface area contributed by atoms with Gasteiger partial charge in [0.15, 0.2) is 11.4 Å². The summed E-state index contributed by atoms with van der Waals surface area (Å²) in [6.07, 6.45) is 5.18. The number of hydrogen-bond acceptors (Lipinski definition) is 4. The average molecular weight is 297 g/mol. The van der Waals surface area contributed by atoms with E-state index in [9.17, 15) is 4.79 Å². The fourth-order valence-corrected chi connectivity index (χ4v) is 2.83. The van der Waals surface area contributed by atoms with Crippen molar-refractivity contribution >= 4 is 34.5 Å². The number of rotatable bonds is 3. The lowest BCUT2D eigenvalue weighted by atomic mass is 10.1. The summed E-state index contributed by atoms with van der Waals surface area (Å²) in [4.78, 5) is 16.7. The molecular formula is C16H15N3OS. The minimum Gasteiger partial charge on any atom is -0.395 e. The Hall–Kier alpha value is -2.40. The van der Waals surface area contributed by atoms with E-state index < -0.39 is 0 Å². The van der Waals surface area contributed by atoms with Crippen LogP contribution in [0, 0.1) is 13.8 Å². The van der Waals surface area contributed by atoms with Crippen molar-refractivity contribution in [1.29, 1.82) is 0 Å². The molecule has 0 atom stereocenters. The number of carbonyl (C=O) groups excluding carboxylic acids is 1. The van der Waals surface area contributed by atoms with Gasteiger partial charge in [-0.3, -0.25) is 4.79 Å². The SMILES string of the molecule is Cc1nc2c(N)c(C(=O)C=Cc3ccsc3)ccn2c1C. The average Bonchev–Trinajstić information content (AvgIpc) is 3.08. The van der Waals surface area contributed by atoms with E-state index in [0.29, 0.717) is 16.9 Å². The molecule has 2 N–H and O–H groups in total. The smallest absolute Gasteiger partial charge is 0.188 e. The fourth-order valence-electron chi connectivity index (χ4n) is 2.20. The molecular weight excluding hydrogens is 282 g/mol. The van der Waals surface area contributed by atoms with Crippen LogP contribution in [0.5, 0.6) is 0 Å². The predicted octanol–water partition coefficient (Wildman–Crippen LogP) is 3.49. The second-order valence-electron chi connectivity index (χ2n) is 4.87. The van der Waals surface area contributed by atoms with E-state index in [2.05, 4.69) is 4.98 Å². The Morgan fingerprint density at radius 2 is 2.19 bits per heavy atom. The standard InChI is InChI=1S/C16H15N3OS/c1-10-11(2)19-7-5-13(15(17)16(19)18-10)14(20)4-3-12-6-8-21-9-12/h3-9H,17H2,1-2H3. The number of thiophene rings is 1. The normalized spacial score (nSPS) is 11.5. The minimum absolute atomic E-state index is 0.112. The highest BCUT2D eigenvalue weighted by molar-refractivity contribution is 7.08. The fraction of sp³-hybridized carbons (Fsp3) is 0.125. The third-order valence-corrected chi connectivity index (χ3v) is 4.25. The van der Waals surface area contributed by atoms with Gasteiger partial charge < -0.3 is 10.1 Å². The van der Waals surface area contributed by atoms with E-state index >= 15 is 0 Å². The van der Waals surface area contributed by atoms with Crippen LogP contribution in [0.25, 0.3) is 11.7 Å². The van der Waals surface area contributed by atoms with Gasteiger partial charge in [0.25, 0.3) is 0 Å². The van der Waals surface area contributed by atoms with Crippen LogP contribution in [0.3, 0.4) is 0 Å². The van der Waals surface area contributed by atoms with Crippen molar-refractivity contribution < 1.29 is 4.79 Å². The Labute approximate surface area is 126 Å². The zero-order chi connectivity index (χ0) is 15.0. The zero-order valence-electron chi connectivity index (χ0n) is 11.8. The van der Waals surface area contributed by atoms with E-state index in [0.717, 1.165) is 17.0 Å². The number of imidazole rings is 1.